The van der Waals surface area contributed by atoms with Crippen molar-refractivity contribution in [1.82, 2.24) is 5.32 Å². The summed E-state index contributed by atoms with van der Waals surface area (Å²) < 4.78 is 80.0. The number of rotatable bonds is 2. The zero-order chi connectivity index (χ0) is 23.8. The van der Waals surface area contributed by atoms with Crippen molar-refractivity contribution in [2.24, 2.45) is 0 Å². The van der Waals surface area contributed by atoms with Gasteiger partial charge in [0.1, 0.15) is 0 Å². The highest BCUT2D eigenvalue weighted by atomic mass is 19.4. The summed E-state index contributed by atoms with van der Waals surface area (Å²) in [6, 6.07) is 7.27. The number of amides is 2. The minimum atomic E-state index is -4.89. The van der Waals surface area contributed by atoms with Crippen molar-refractivity contribution in [2.45, 2.75) is 25.3 Å². The third kappa shape index (κ3) is 4.10. The molecule has 5 nitrogen and oxygen atoms in total. The molecule has 2 amide bonds. The van der Waals surface area contributed by atoms with Gasteiger partial charge in [0.2, 0.25) is 0 Å². The SMILES string of the molecule is CC1=C(C#N)[C@@H](c2ccc(C#N)cc2C(F)(F)F)NC(=O)N1c1cccc(C(F)(F)F)c1. The molecule has 11 heteroatoms. The number of halogens is 6. The van der Waals surface area contributed by atoms with E-state index in [9.17, 15) is 36.4 Å². The van der Waals surface area contributed by atoms with E-state index in [0.29, 0.717) is 12.1 Å². The number of anilines is 1. The van der Waals surface area contributed by atoms with E-state index in [1.165, 1.54) is 13.0 Å². The van der Waals surface area contributed by atoms with E-state index in [4.69, 9.17) is 5.26 Å². The first-order chi connectivity index (χ1) is 14.9. The Hall–Kier alpha value is -3.99. The second-order valence-electron chi connectivity index (χ2n) is 6.79. The van der Waals surface area contributed by atoms with Gasteiger partial charge in [-0.15, -0.1) is 0 Å². The fourth-order valence-corrected chi connectivity index (χ4v) is 3.38. The van der Waals surface area contributed by atoms with Crippen LogP contribution >= 0.6 is 0 Å². The predicted molar refractivity (Wildman–Crippen MR) is 99.7 cm³/mol. The first kappa shape index (κ1) is 22.7. The number of nitrogens with zero attached hydrogens (tertiary/aromatic N) is 3. The van der Waals surface area contributed by atoms with E-state index >= 15 is 0 Å². The number of benzene rings is 2. The number of hydrogen-bond acceptors (Lipinski definition) is 3. The molecule has 0 radical (unpaired) electrons. The molecule has 1 aliphatic rings. The van der Waals surface area contributed by atoms with Crippen molar-refractivity contribution < 1.29 is 31.1 Å². The number of allylic oxidation sites excluding steroid dienone is 1. The second kappa shape index (κ2) is 7.93. The molecular weight excluding hydrogens is 438 g/mol. The van der Waals surface area contributed by atoms with Gasteiger partial charge in [-0.1, -0.05) is 12.1 Å². The quantitative estimate of drug-likeness (QED) is 0.600. The van der Waals surface area contributed by atoms with Crippen LogP contribution in [0.15, 0.2) is 53.7 Å². The van der Waals surface area contributed by atoms with Crippen LogP contribution < -0.4 is 10.2 Å². The summed E-state index contributed by atoms with van der Waals surface area (Å²) >= 11 is 0. The van der Waals surface area contributed by atoms with Crippen LogP contribution in [0, 0.1) is 22.7 Å². The number of carbonyl (C=O) groups excluding carboxylic acids is 1. The molecule has 0 aliphatic carbocycles. The van der Waals surface area contributed by atoms with Gasteiger partial charge in [0.05, 0.1) is 46.1 Å². The number of nitrogens with one attached hydrogen (secondary N) is 1. The maximum absolute atomic E-state index is 13.6. The van der Waals surface area contributed by atoms with Gasteiger partial charge in [-0.25, -0.2) is 4.79 Å². The molecule has 0 unspecified atom stereocenters. The van der Waals surface area contributed by atoms with Crippen molar-refractivity contribution in [3.8, 4) is 12.1 Å². The molecule has 1 aliphatic heterocycles. The number of hydrogen-bond donors (Lipinski definition) is 1. The average Bonchev–Trinajstić information content (AvgIpc) is 2.72. The van der Waals surface area contributed by atoms with E-state index < -0.39 is 41.1 Å². The molecule has 0 spiro atoms. The smallest absolute Gasteiger partial charge is 0.326 e. The molecule has 0 saturated heterocycles. The monoisotopic (exact) mass is 450 g/mol. The van der Waals surface area contributed by atoms with Crippen molar-refractivity contribution in [3.05, 3.63) is 76.0 Å². The van der Waals surface area contributed by atoms with Crippen molar-refractivity contribution in [1.29, 1.82) is 10.5 Å². The van der Waals surface area contributed by atoms with E-state index in [1.807, 2.05) is 0 Å². The Kier molecular flexibility index (Phi) is 5.62. The van der Waals surface area contributed by atoms with E-state index in [2.05, 4.69) is 5.32 Å². The van der Waals surface area contributed by atoms with Crippen LogP contribution in [0.2, 0.25) is 0 Å². The van der Waals surface area contributed by atoms with Gasteiger partial charge < -0.3 is 5.32 Å². The van der Waals surface area contributed by atoms with Crippen molar-refractivity contribution >= 4 is 11.7 Å². The Balaban J connectivity index is 2.16. The molecule has 32 heavy (non-hydrogen) atoms. The van der Waals surface area contributed by atoms with Crippen LogP contribution in [0.4, 0.5) is 36.8 Å². The summed E-state index contributed by atoms with van der Waals surface area (Å²) in [5, 5.41) is 20.8. The Bertz CT molecular complexity index is 1200. The molecule has 1 heterocycles. The Morgan fingerprint density at radius 3 is 2.22 bits per heavy atom. The fraction of sp³-hybridized carbons (Fsp3) is 0.190. The van der Waals surface area contributed by atoms with Crippen LogP contribution in [-0.4, -0.2) is 6.03 Å². The van der Waals surface area contributed by atoms with Crippen LogP contribution in [0.25, 0.3) is 0 Å². The molecule has 1 atom stereocenters. The van der Waals surface area contributed by atoms with E-state index in [1.54, 1.807) is 12.1 Å². The van der Waals surface area contributed by atoms with Crippen molar-refractivity contribution in [3.63, 3.8) is 0 Å². The molecule has 0 saturated carbocycles. The Morgan fingerprint density at radius 1 is 0.969 bits per heavy atom. The van der Waals surface area contributed by atoms with Crippen LogP contribution in [-0.2, 0) is 12.4 Å². The molecule has 164 valence electrons. The molecule has 3 rings (SSSR count). The summed E-state index contributed by atoms with van der Waals surface area (Å²) in [5.41, 5.74) is -3.62. The third-order valence-electron chi connectivity index (χ3n) is 4.84. The molecule has 2 aromatic rings. The maximum Gasteiger partial charge on any atom is 0.416 e. The van der Waals surface area contributed by atoms with Gasteiger partial charge in [0.25, 0.3) is 0 Å². The van der Waals surface area contributed by atoms with Gasteiger partial charge in [-0.2, -0.15) is 36.9 Å². The van der Waals surface area contributed by atoms with Gasteiger partial charge in [0.15, 0.2) is 0 Å². The highest BCUT2D eigenvalue weighted by Gasteiger charge is 2.40. The highest BCUT2D eigenvalue weighted by Crippen LogP contribution is 2.41. The summed E-state index contributed by atoms with van der Waals surface area (Å²) in [6.45, 7) is 1.25. The Labute approximate surface area is 177 Å². The molecular formula is C21H12F6N4O. The van der Waals surface area contributed by atoms with Gasteiger partial charge in [-0.05, 0) is 42.8 Å². The summed E-state index contributed by atoms with van der Waals surface area (Å²) in [7, 11) is 0. The summed E-state index contributed by atoms with van der Waals surface area (Å²) in [4.78, 5) is 13.5. The molecule has 1 N–H and O–H groups in total. The summed E-state index contributed by atoms with van der Waals surface area (Å²) in [5.74, 6) is 0. The largest absolute Gasteiger partial charge is 0.416 e. The summed E-state index contributed by atoms with van der Waals surface area (Å²) in [6.07, 6.45) is -9.58. The highest BCUT2D eigenvalue weighted by molar-refractivity contribution is 5.97. The van der Waals surface area contributed by atoms with Crippen molar-refractivity contribution in [2.75, 3.05) is 4.90 Å². The number of urea groups is 1. The minimum Gasteiger partial charge on any atom is -0.326 e. The first-order valence-electron chi connectivity index (χ1n) is 8.88. The number of carbonyl (C=O) groups is 1. The minimum absolute atomic E-state index is 0.127. The molecule has 0 fully saturated rings. The molecule has 2 aromatic carbocycles. The lowest BCUT2D eigenvalue weighted by Gasteiger charge is -2.35. The topological polar surface area (TPSA) is 79.9 Å². The van der Waals surface area contributed by atoms with Gasteiger partial charge in [-0.3, -0.25) is 4.90 Å². The number of nitriles is 2. The van der Waals surface area contributed by atoms with Gasteiger partial charge in [0, 0.05) is 5.70 Å². The lowest BCUT2D eigenvalue weighted by molar-refractivity contribution is -0.138. The third-order valence-corrected chi connectivity index (χ3v) is 4.84. The van der Waals surface area contributed by atoms with E-state index in [-0.39, 0.29) is 22.5 Å². The zero-order valence-electron chi connectivity index (χ0n) is 16.1. The fourth-order valence-electron chi connectivity index (χ4n) is 3.38. The standard InChI is InChI=1S/C21H12F6N4O/c1-11-16(10-29)18(15-6-5-12(9-28)7-17(15)21(25,26)27)30-19(32)31(11)14-4-2-3-13(8-14)20(22,23)24/h2-8,18H,1H3,(H,30,32)/t18-/m1/s1. The maximum atomic E-state index is 13.6. The lowest BCUT2D eigenvalue weighted by Crippen LogP contribution is -2.47. The van der Waals surface area contributed by atoms with E-state index in [0.717, 1.165) is 29.2 Å². The van der Waals surface area contributed by atoms with Crippen LogP contribution in [0.1, 0.15) is 35.2 Å². The average molecular weight is 450 g/mol. The Morgan fingerprint density at radius 2 is 1.66 bits per heavy atom. The van der Waals surface area contributed by atoms with Gasteiger partial charge >= 0.3 is 18.4 Å². The normalized spacial score (nSPS) is 17.0. The lowest BCUT2D eigenvalue weighted by atomic mass is 9.90. The predicted octanol–water partition coefficient (Wildman–Crippen LogP) is 5.66. The first-order valence-corrected chi connectivity index (χ1v) is 8.88. The van der Waals surface area contributed by atoms with Crippen LogP contribution in [0.3, 0.4) is 0 Å². The molecule has 0 bridgehead atoms. The number of alkyl halides is 6. The second-order valence-corrected chi connectivity index (χ2v) is 6.79. The molecule has 0 aromatic heterocycles. The van der Waals surface area contributed by atoms with Crippen LogP contribution in [0.5, 0.6) is 0 Å². The zero-order valence-corrected chi connectivity index (χ0v) is 16.1.